The molecule has 0 radical (unpaired) electrons. The van der Waals surface area contributed by atoms with E-state index in [2.05, 4.69) is 4.98 Å². The van der Waals surface area contributed by atoms with E-state index in [1.54, 1.807) is 12.1 Å². The van der Waals surface area contributed by atoms with Gasteiger partial charge in [-0.2, -0.15) is 5.26 Å². The third kappa shape index (κ3) is 1.91. The number of hydrogen-bond donors (Lipinski definition) is 0. The first kappa shape index (κ1) is 11.4. The van der Waals surface area contributed by atoms with E-state index in [0.29, 0.717) is 18.4 Å². The van der Waals surface area contributed by atoms with Crippen LogP contribution in [0.25, 0.3) is 0 Å². The van der Waals surface area contributed by atoms with E-state index in [9.17, 15) is 8.42 Å². The predicted octanol–water partition coefficient (Wildman–Crippen LogP) is 1.60. The van der Waals surface area contributed by atoms with E-state index >= 15 is 0 Å². The lowest BCUT2D eigenvalue weighted by atomic mass is 10.1. The van der Waals surface area contributed by atoms with Gasteiger partial charge in [0.25, 0.3) is 0 Å². The molecule has 0 atom stereocenters. The first-order chi connectivity index (χ1) is 7.48. The van der Waals surface area contributed by atoms with Crippen molar-refractivity contribution in [3.63, 3.8) is 0 Å². The van der Waals surface area contributed by atoms with Crippen LogP contribution in [0.5, 0.6) is 0 Å². The van der Waals surface area contributed by atoms with Gasteiger partial charge >= 0.3 is 0 Å². The molecule has 0 aromatic carbocycles. The van der Waals surface area contributed by atoms with Gasteiger partial charge in [-0.3, -0.25) is 0 Å². The van der Waals surface area contributed by atoms with Crippen LogP contribution in [-0.4, -0.2) is 18.1 Å². The highest BCUT2D eigenvalue weighted by Gasteiger charge is 2.53. The van der Waals surface area contributed by atoms with E-state index in [4.69, 9.17) is 15.9 Å². The maximum Gasteiger partial charge on any atom is 0.238 e. The van der Waals surface area contributed by atoms with Gasteiger partial charge in [-0.15, -0.1) is 0 Å². The van der Waals surface area contributed by atoms with Crippen LogP contribution < -0.4 is 0 Å². The summed E-state index contributed by atoms with van der Waals surface area (Å²) in [5, 5.41) is 8.84. The molecule has 0 amide bonds. The normalized spacial score (nSPS) is 17.8. The Morgan fingerprint density at radius 1 is 1.56 bits per heavy atom. The quantitative estimate of drug-likeness (QED) is 0.770. The second-order valence-corrected chi connectivity index (χ2v) is 6.88. The van der Waals surface area contributed by atoms with Gasteiger partial charge in [0.2, 0.25) is 9.05 Å². The standard InChI is InChI=1S/C10H9ClN2O2S/c11-16(14,15)10(3-4-10)6-8-2-1-5-13-9(8)7-12/h1-2,5H,3-4,6H2. The maximum atomic E-state index is 11.4. The molecule has 1 saturated carbocycles. The SMILES string of the molecule is N#Cc1ncccc1CC1(S(=O)(=O)Cl)CC1. The lowest BCUT2D eigenvalue weighted by Gasteiger charge is -2.11. The number of rotatable bonds is 3. The van der Waals surface area contributed by atoms with E-state index in [0.717, 1.165) is 0 Å². The Morgan fingerprint density at radius 3 is 2.75 bits per heavy atom. The van der Waals surface area contributed by atoms with Crippen molar-refractivity contribution in [2.45, 2.75) is 24.0 Å². The molecule has 1 heterocycles. The number of nitrogens with zero attached hydrogens (tertiary/aromatic N) is 2. The first-order valence-corrected chi connectivity index (χ1v) is 7.08. The number of nitriles is 1. The van der Waals surface area contributed by atoms with Crippen molar-refractivity contribution < 1.29 is 8.42 Å². The topological polar surface area (TPSA) is 70.8 Å². The molecule has 4 nitrogen and oxygen atoms in total. The van der Waals surface area contributed by atoms with E-state index < -0.39 is 13.8 Å². The van der Waals surface area contributed by atoms with Crippen LogP contribution in [0.1, 0.15) is 24.1 Å². The maximum absolute atomic E-state index is 11.4. The average molecular weight is 257 g/mol. The minimum Gasteiger partial charge on any atom is -0.245 e. The molecule has 0 bridgehead atoms. The Hall–Kier alpha value is -1.12. The lowest BCUT2D eigenvalue weighted by molar-refractivity contribution is 0.590. The highest BCUT2D eigenvalue weighted by atomic mass is 35.7. The molecule has 0 N–H and O–H groups in total. The summed E-state index contributed by atoms with van der Waals surface area (Å²) in [7, 11) is 1.82. The van der Waals surface area contributed by atoms with Crippen molar-refractivity contribution in [3.05, 3.63) is 29.6 Å². The van der Waals surface area contributed by atoms with Crippen molar-refractivity contribution in [1.29, 1.82) is 5.26 Å². The fourth-order valence-corrected chi connectivity index (χ4v) is 3.22. The minimum atomic E-state index is -3.58. The minimum absolute atomic E-state index is 0.272. The zero-order valence-electron chi connectivity index (χ0n) is 8.35. The van der Waals surface area contributed by atoms with Gasteiger partial charge in [-0.25, -0.2) is 13.4 Å². The van der Waals surface area contributed by atoms with Crippen molar-refractivity contribution in [2.24, 2.45) is 0 Å². The fraction of sp³-hybridized carbons (Fsp3) is 0.400. The van der Waals surface area contributed by atoms with Gasteiger partial charge in [0.15, 0.2) is 0 Å². The predicted molar refractivity (Wildman–Crippen MR) is 59.4 cm³/mol. The van der Waals surface area contributed by atoms with Crippen LogP contribution in [0.15, 0.2) is 18.3 Å². The summed E-state index contributed by atoms with van der Waals surface area (Å²) < 4.78 is 21.9. The summed E-state index contributed by atoms with van der Waals surface area (Å²) in [6, 6.07) is 5.35. The largest absolute Gasteiger partial charge is 0.245 e. The fourth-order valence-electron chi connectivity index (χ4n) is 1.68. The molecule has 0 unspecified atom stereocenters. The molecular weight excluding hydrogens is 248 g/mol. The summed E-state index contributed by atoms with van der Waals surface area (Å²) in [4.78, 5) is 3.89. The van der Waals surface area contributed by atoms with Gasteiger partial charge in [-0.05, 0) is 30.9 Å². The monoisotopic (exact) mass is 256 g/mol. The molecule has 84 valence electrons. The van der Waals surface area contributed by atoms with Crippen molar-refractivity contribution in [3.8, 4) is 6.07 Å². The summed E-state index contributed by atoms with van der Waals surface area (Å²) >= 11 is 0. The van der Waals surface area contributed by atoms with Gasteiger partial charge in [0.1, 0.15) is 11.8 Å². The van der Waals surface area contributed by atoms with E-state index in [-0.39, 0.29) is 12.1 Å². The Morgan fingerprint density at radius 2 is 2.25 bits per heavy atom. The third-order valence-corrected chi connectivity index (χ3v) is 5.40. The van der Waals surface area contributed by atoms with Gasteiger partial charge < -0.3 is 0 Å². The van der Waals surface area contributed by atoms with Crippen LogP contribution in [0.4, 0.5) is 0 Å². The van der Waals surface area contributed by atoms with Crippen molar-refractivity contribution in [1.82, 2.24) is 4.98 Å². The molecule has 16 heavy (non-hydrogen) atoms. The van der Waals surface area contributed by atoms with Crippen molar-refractivity contribution >= 4 is 19.7 Å². The molecule has 0 saturated heterocycles. The second-order valence-electron chi connectivity index (χ2n) is 3.92. The zero-order valence-corrected chi connectivity index (χ0v) is 9.92. The molecular formula is C10H9ClN2O2S. The highest BCUT2D eigenvalue weighted by Crippen LogP contribution is 2.48. The smallest absolute Gasteiger partial charge is 0.238 e. The lowest BCUT2D eigenvalue weighted by Crippen LogP contribution is -2.21. The molecule has 0 aliphatic heterocycles. The number of pyridine rings is 1. The molecule has 0 spiro atoms. The highest BCUT2D eigenvalue weighted by molar-refractivity contribution is 8.15. The Bertz CT molecular complexity index is 558. The van der Waals surface area contributed by atoms with E-state index in [1.165, 1.54) is 6.20 Å². The molecule has 1 aromatic rings. The summed E-state index contributed by atoms with van der Waals surface area (Å²) in [6.45, 7) is 0. The van der Waals surface area contributed by atoms with Crippen LogP contribution in [-0.2, 0) is 15.5 Å². The van der Waals surface area contributed by atoms with E-state index in [1.807, 2.05) is 6.07 Å². The molecule has 6 heteroatoms. The molecule has 1 aliphatic carbocycles. The average Bonchev–Trinajstić information content (AvgIpc) is 2.99. The number of hydrogen-bond acceptors (Lipinski definition) is 4. The van der Waals surface area contributed by atoms with Crippen LogP contribution >= 0.6 is 10.7 Å². The Kier molecular flexibility index (Phi) is 2.64. The molecule has 1 fully saturated rings. The first-order valence-electron chi connectivity index (χ1n) is 4.77. The molecule has 1 aromatic heterocycles. The van der Waals surface area contributed by atoms with Crippen LogP contribution in [0.3, 0.4) is 0 Å². The number of halogens is 1. The van der Waals surface area contributed by atoms with Crippen LogP contribution in [0, 0.1) is 11.3 Å². The second kappa shape index (κ2) is 3.72. The Labute approximate surface area is 98.3 Å². The molecule has 1 aliphatic rings. The summed E-state index contributed by atoms with van der Waals surface area (Å²) in [6.07, 6.45) is 2.89. The summed E-state index contributed by atoms with van der Waals surface area (Å²) in [5.74, 6) is 0. The van der Waals surface area contributed by atoms with Gasteiger partial charge in [0.05, 0.1) is 4.75 Å². The van der Waals surface area contributed by atoms with Gasteiger partial charge in [0, 0.05) is 16.9 Å². The van der Waals surface area contributed by atoms with Crippen LogP contribution in [0.2, 0.25) is 0 Å². The zero-order chi connectivity index (χ0) is 11.8. The van der Waals surface area contributed by atoms with Gasteiger partial charge in [-0.1, -0.05) is 6.07 Å². The van der Waals surface area contributed by atoms with Crippen molar-refractivity contribution in [2.75, 3.05) is 0 Å². The Balaban J connectivity index is 2.33. The molecule has 2 rings (SSSR count). The number of aromatic nitrogens is 1. The summed E-state index contributed by atoms with van der Waals surface area (Å²) in [5.41, 5.74) is 0.917. The third-order valence-electron chi connectivity index (χ3n) is 2.83.